The Kier molecular flexibility index (Phi) is 5.61. The second-order valence-electron chi connectivity index (χ2n) is 11.1. The van der Waals surface area contributed by atoms with E-state index < -0.39 is 23.2 Å². The Morgan fingerprint density at radius 3 is 2.58 bits per heavy atom. The summed E-state index contributed by atoms with van der Waals surface area (Å²) in [4.78, 5) is 39.5. The van der Waals surface area contributed by atoms with Crippen molar-refractivity contribution in [3.8, 4) is 11.5 Å². The Labute approximate surface area is 209 Å². The maximum Gasteiger partial charge on any atom is 0.408 e. The SMILES string of the molecule is COc1cc2cc(C(=O)O)c(=O)n3c2c(c1N1CC[C@@H](C2(NC(=O)OC(C)(C)C)CC2)C1)OC[C@@H]3C. The highest BCUT2D eigenvalue weighted by molar-refractivity contribution is 5.99. The number of hydrogen-bond acceptors (Lipinski definition) is 7. The molecule has 1 aromatic heterocycles. The number of methoxy groups -OCH3 is 1. The van der Waals surface area contributed by atoms with E-state index in [1.165, 1.54) is 10.6 Å². The molecule has 10 heteroatoms. The largest absolute Gasteiger partial charge is 0.494 e. The smallest absolute Gasteiger partial charge is 0.408 e. The van der Waals surface area contributed by atoms with Crippen LogP contribution in [-0.2, 0) is 4.74 Å². The van der Waals surface area contributed by atoms with Crippen molar-refractivity contribution in [2.24, 2.45) is 5.92 Å². The summed E-state index contributed by atoms with van der Waals surface area (Å²) >= 11 is 0. The maximum atomic E-state index is 13.1. The van der Waals surface area contributed by atoms with E-state index in [0.717, 1.165) is 31.5 Å². The van der Waals surface area contributed by atoms with Crippen LogP contribution < -0.4 is 25.2 Å². The van der Waals surface area contributed by atoms with E-state index in [4.69, 9.17) is 14.2 Å². The van der Waals surface area contributed by atoms with Crippen molar-refractivity contribution in [1.29, 1.82) is 0 Å². The molecule has 2 aliphatic heterocycles. The highest BCUT2D eigenvalue weighted by Gasteiger charge is 2.53. The predicted molar refractivity (Wildman–Crippen MR) is 134 cm³/mol. The van der Waals surface area contributed by atoms with Gasteiger partial charge in [0.25, 0.3) is 5.56 Å². The molecule has 10 nitrogen and oxygen atoms in total. The molecule has 2 N–H and O–H groups in total. The standard InChI is InChI=1S/C26H33N3O7/c1-14-13-35-21-19-15(10-17(23(31)32)22(30)29(14)19)11-18(34-5)20(21)28-9-6-16(12-28)26(7-8-26)27-24(33)36-25(2,3)4/h10-11,14,16H,6-9,12-13H2,1-5H3,(H,27,33)(H,31,32)/t14-,16+/m0/s1. The number of anilines is 1. The van der Waals surface area contributed by atoms with Crippen LogP contribution in [0.3, 0.4) is 0 Å². The third-order valence-electron chi connectivity index (χ3n) is 7.40. The molecule has 36 heavy (non-hydrogen) atoms. The van der Waals surface area contributed by atoms with Crippen molar-refractivity contribution in [3.05, 3.63) is 28.0 Å². The van der Waals surface area contributed by atoms with Gasteiger partial charge in [-0.1, -0.05) is 0 Å². The van der Waals surface area contributed by atoms with Crippen LogP contribution in [0.2, 0.25) is 0 Å². The fraction of sp³-hybridized carbons (Fsp3) is 0.577. The first kappa shape index (κ1) is 24.3. The molecular weight excluding hydrogens is 466 g/mol. The highest BCUT2D eigenvalue weighted by Crippen LogP contribution is 2.51. The Bertz CT molecular complexity index is 1310. The lowest BCUT2D eigenvalue weighted by molar-refractivity contribution is 0.0477. The van der Waals surface area contributed by atoms with Crippen molar-refractivity contribution in [1.82, 2.24) is 9.88 Å². The van der Waals surface area contributed by atoms with Gasteiger partial charge in [-0.25, -0.2) is 9.59 Å². The minimum Gasteiger partial charge on any atom is -0.494 e. The number of nitrogens with one attached hydrogen (secondary N) is 1. The maximum absolute atomic E-state index is 13.1. The number of ether oxygens (including phenoxy) is 3. The zero-order valence-corrected chi connectivity index (χ0v) is 21.3. The summed E-state index contributed by atoms with van der Waals surface area (Å²) in [5.74, 6) is 0.0431. The topological polar surface area (TPSA) is 119 Å². The van der Waals surface area contributed by atoms with E-state index in [2.05, 4.69) is 10.2 Å². The fourth-order valence-electron chi connectivity index (χ4n) is 5.58. The predicted octanol–water partition coefficient (Wildman–Crippen LogP) is 3.55. The van der Waals surface area contributed by atoms with Crippen molar-refractivity contribution >= 4 is 28.7 Å². The van der Waals surface area contributed by atoms with Gasteiger partial charge >= 0.3 is 12.1 Å². The molecule has 1 aliphatic carbocycles. The van der Waals surface area contributed by atoms with Gasteiger partial charge in [0.15, 0.2) is 5.75 Å². The van der Waals surface area contributed by atoms with Gasteiger partial charge in [-0.15, -0.1) is 0 Å². The number of amides is 1. The first-order chi connectivity index (χ1) is 16.9. The van der Waals surface area contributed by atoms with Crippen LogP contribution >= 0.6 is 0 Å². The molecule has 2 fully saturated rings. The fourth-order valence-corrected chi connectivity index (χ4v) is 5.58. The Morgan fingerprint density at radius 1 is 1.25 bits per heavy atom. The van der Waals surface area contributed by atoms with Gasteiger partial charge in [0.2, 0.25) is 0 Å². The molecule has 1 aromatic carbocycles. The number of rotatable bonds is 5. The molecule has 2 atom stereocenters. The number of carboxylic acids is 1. The molecule has 1 saturated heterocycles. The number of aromatic carboxylic acids is 1. The van der Waals surface area contributed by atoms with Gasteiger partial charge in [0.1, 0.15) is 29.2 Å². The lowest BCUT2D eigenvalue weighted by Gasteiger charge is -2.32. The van der Waals surface area contributed by atoms with E-state index in [-0.39, 0.29) is 29.7 Å². The molecule has 3 aliphatic rings. The molecule has 0 spiro atoms. The monoisotopic (exact) mass is 499 g/mol. The summed E-state index contributed by atoms with van der Waals surface area (Å²) in [7, 11) is 1.57. The first-order valence-electron chi connectivity index (χ1n) is 12.4. The van der Waals surface area contributed by atoms with Crippen LogP contribution in [0.5, 0.6) is 11.5 Å². The van der Waals surface area contributed by atoms with E-state index in [1.54, 1.807) is 13.2 Å². The lowest BCUT2D eigenvalue weighted by atomic mass is 9.96. The third-order valence-corrected chi connectivity index (χ3v) is 7.40. The minimum atomic E-state index is -1.26. The number of pyridine rings is 1. The summed E-state index contributed by atoms with van der Waals surface area (Å²) in [6, 6.07) is 2.86. The number of hydrogen-bond donors (Lipinski definition) is 2. The number of carboxylic acid groups (broad SMARTS) is 1. The summed E-state index contributed by atoms with van der Waals surface area (Å²) in [5.41, 5.74) is -0.331. The number of carbonyl (C=O) groups excluding carboxylic acids is 1. The Morgan fingerprint density at radius 2 is 1.97 bits per heavy atom. The van der Waals surface area contributed by atoms with E-state index >= 15 is 0 Å². The van der Waals surface area contributed by atoms with Crippen LogP contribution in [0.4, 0.5) is 10.5 Å². The number of aromatic nitrogens is 1. The van der Waals surface area contributed by atoms with Crippen molar-refractivity contribution in [2.45, 2.75) is 64.1 Å². The molecular formula is C26H33N3O7. The average Bonchev–Trinajstić information content (AvgIpc) is 3.39. The van der Waals surface area contributed by atoms with Crippen LogP contribution in [0, 0.1) is 5.92 Å². The molecule has 2 aromatic rings. The van der Waals surface area contributed by atoms with Gasteiger partial charge in [0, 0.05) is 29.9 Å². The number of nitrogens with zero attached hydrogens (tertiary/aromatic N) is 2. The summed E-state index contributed by atoms with van der Waals surface area (Å²) in [6.07, 6.45) is 2.28. The quantitative estimate of drug-likeness (QED) is 0.641. The Hall–Kier alpha value is -3.43. The van der Waals surface area contributed by atoms with Crippen LogP contribution in [0.1, 0.15) is 63.4 Å². The minimum absolute atomic E-state index is 0.219. The van der Waals surface area contributed by atoms with Crippen LogP contribution in [0.25, 0.3) is 10.9 Å². The van der Waals surface area contributed by atoms with E-state index in [9.17, 15) is 19.5 Å². The van der Waals surface area contributed by atoms with Crippen molar-refractivity contribution < 1.29 is 28.9 Å². The zero-order valence-electron chi connectivity index (χ0n) is 21.3. The number of carbonyl (C=O) groups is 2. The second-order valence-corrected chi connectivity index (χ2v) is 11.1. The molecule has 1 saturated carbocycles. The third kappa shape index (κ3) is 4.02. The van der Waals surface area contributed by atoms with Crippen molar-refractivity contribution in [3.63, 3.8) is 0 Å². The molecule has 5 rings (SSSR count). The summed E-state index contributed by atoms with van der Waals surface area (Å²) in [6.45, 7) is 9.04. The zero-order chi connectivity index (χ0) is 26.0. The number of alkyl carbamates (subject to hydrolysis) is 1. The van der Waals surface area contributed by atoms with Crippen LogP contribution in [-0.4, -0.2) is 59.7 Å². The van der Waals surface area contributed by atoms with E-state index in [0.29, 0.717) is 28.9 Å². The normalized spacial score (nSPS) is 22.2. The summed E-state index contributed by atoms with van der Waals surface area (Å²) in [5, 5.41) is 13.3. The van der Waals surface area contributed by atoms with Gasteiger partial charge in [0.05, 0.1) is 18.7 Å². The molecule has 0 unspecified atom stereocenters. The second kappa shape index (κ2) is 8.31. The Balaban J connectivity index is 1.51. The molecule has 0 radical (unpaired) electrons. The number of benzene rings is 1. The molecule has 0 bridgehead atoms. The average molecular weight is 500 g/mol. The van der Waals surface area contributed by atoms with Crippen molar-refractivity contribution in [2.75, 3.05) is 31.7 Å². The molecule has 194 valence electrons. The highest BCUT2D eigenvalue weighted by atomic mass is 16.6. The van der Waals surface area contributed by atoms with Crippen LogP contribution in [0.15, 0.2) is 16.9 Å². The van der Waals surface area contributed by atoms with Gasteiger partial charge in [-0.2, -0.15) is 0 Å². The molecule has 1 amide bonds. The summed E-state index contributed by atoms with van der Waals surface area (Å²) < 4.78 is 19.0. The molecule has 3 heterocycles. The van der Waals surface area contributed by atoms with Gasteiger partial charge in [-0.3, -0.25) is 9.36 Å². The lowest BCUT2D eigenvalue weighted by Crippen LogP contribution is -2.45. The van der Waals surface area contributed by atoms with Gasteiger partial charge in [-0.05, 0) is 59.1 Å². The van der Waals surface area contributed by atoms with E-state index in [1.807, 2.05) is 27.7 Å². The van der Waals surface area contributed by atoms with Gasteiger partial charge < -0.3 is 29.5 Å². The first-order valence-corrected chi connectivity index (χ1v) is 12.4.